The molecule has 0 bridgehead atoms. The molecular weight excluding hydrogens is 476 g/mol. The van der Waals surface area contributed by atoms with E-state index in [2.05, 4.69) is 5.10 Å². The largest absolute Gasteiger partial charge is 0.272 e. The van der Waals surface area contributed by atoms with Crippen molar-refractivity contribution in [3.05, 3.63) is 90.5 Å². The van der Waals surface area contributed by atoms with Crippen LogP contribution in [0.2, 0.25) is 0 Å². The number of benzene rings is 3. The van der Waals surface area contributed by atoms with Gasteiger partial charge in [-0.2, -0.15) is 9.78 Å². The third kappa shape index (κ3) is 4.36. The topological polar surface area (TPSA) is 76.3 Å². The van der Waals surface area contributed by atoms with Gasteiger partial charge in [-0.25, -0.2) is 15.0 Å². The van der Waals surface area contributed by atoms with Crippen LogP contribution in [0.15, 0.2) is 95.2 Å². The summed E-state index contributed by atoms with van der Waals surface area (Å²) in [5, 5.41) is 11.9. The predicted octanol–water partition coefficient (Wildman–Crippen LogP) is 5.60. The van der Waals surface area contributed by atoms with E-state index < -0.39 is 0 Å². The van der Waals surface area contributed by atoms with Gasteiger partial charge in [0.1, 0.15) is 0 Å². The number of thioether (sulfide) groups is 1. The van der Waals surface area contributed by atoms with E-state index in [4.69, 9.17) is 15.1 Å². The molecule has 0 spiro atoms. The molecule has 7 nitrogen and oxygen atoms in total. The predicted molar refractivity (Wildman–Crippen MR) is 140 cm³/mol. The van der Waals surface area contributed by atoms with Crippen molar-refractivity contribution in [2.24, 2.45) is 5.10 Å². The summed E-state index contributed by atoms with van der Waals surface area (Å²) in [7, 11) is 0. The third-order valence-electron chi connectivity index (χ3n) is 5.68. The SMILES string of the molecule is O=C(CSc1nc(-c2ccccc2)n(-c2nc3ccccc3s2)n1)N1N=CC[C@@H]1c1ccccc1. The van der Waals surface area contributed by atoms with Gasteiger partial charge in [0.2, 0.25) is 10.3 Å². The van der Waals surface area contributed by atoms with Crippen LogP contribution >= 0.6 is 23.1 Å². The van der Waals surface area contributed by atoms with Crippen LogP contribution < -0.4 is 0 Å². The quantitative estimate of drug-likeness (QED) is 0.286. The fourth-order valence-corrected chi connectivity index (χ4v) is 5.61. The van der Waals surface area contributed by atoms with Crippen molar-refractivity contribution in [2.75, 3.05) is 5.75 Å². The van der Waals surface area contributed by atoms with Crippen molar-refractivity contribution in [2.45, 2.75) is 17.6 Å². The number of fused-ring (bicyclic) bond motifs is 1. The van der Waals surface area contributed by atoms with E-state index in [0.29, 0.717) is 17.4 Å². The van der Waals surface area contributed by atoms with Crippen molar-refractivity contribution in [1.82, 2.24) is 24.8 Å². The highest BCUT2D eigenvalue weighted by Crippen LogP contribution is 2.31. The minimum atomic E-state index is -0.0739. The van der Waals surface area contributed by atoms with Crippen LogP contribution in [-0.2, 0) is 4.79 Å². The van der Waals surface area contributed by atoms with E-state index in [1.807, 2.05) is 84.9 Å². The van der Waals surface area contributed by atoms with Crippen LogP contribution in [-0.4, -0.2) is 42.6 Å². The lowest BCUT2D eigenvalue weighted by atomic mass is 10.0. The molecule has 5 aromatic rings. The molecule has 9 heteroatoms. The first-order valence-electron chi connectivity index (χ1n) is 11.2. The summed E-state index contributed by atoms with van der Waals surface area (Å²) in [6.45, 7) is 0. The van der Waals surface area contributed by atoms with E-state index in [-0.39, 0.29) is 17.7 Å². The summed E-state index contributed by atoms with van der Waals surface area (Å²) in [4.78, 5) is 22.6. The van der Waals surface area contributed by atoms with Gasteiger partial charge in [-0.1, -0.05) is 95.9 Å². The Labute approximate surface area is 210 Å². The molecule has 0 saturated heterocycles. The second-order valence-electron chi connectivity index (χ2n) is 7.95. The highest BCUT2D eigenvalue weighted by atomic mass is 32.2. The Balaban J connectivity index is 1.27. The Hall–Kier alpha value is -3.82. The first kappa shape index (κ1) is 21.7. The molecule has 0 radical (unpaired) electrons. The van der Waals surface area contributed by atoms with Crippen molar-refractivity contribution >= 4 is 45.4 Å². The van der Waals surface area contributed by atoms with Crippen molar-refractivity contribution < 1.29 is 4.79 Å². The molecule has 1 atom stereocenters. The van der Waals surface area contributed by atoms with Gasteiger partial charge in [-0.3, -0.25) is 4.79 Å². The van der Waals surface area contributed by atoms with E-state index in [1.54, 1.807) is 27.2 Å². The molecule has 6 rings (SSSR count). The first-order chi connectivity index (χ1) is 17.3. The summed E-state index contributed by atoms with van der Waals surface area (Å²) in [5.74, 6) is 0.815. The average Bonchev–Trinajstić information content (AvgIpc) is 3.66. The van der Waals surface area contributed by atoms with Gasteiger partial charge in [-0.05, 0) is 17.7 Å². The monoisotopic (exact) mass is 496 g/mol. The number of hydrogen-bond acceptors (Lipinski definition) is 7. The Morgan fingerprint density at radius 3 is 2.49 bits per heavy atom. The van der Waals surface area contributed by atoms with Crippen molar-refractivity contribution in [1.29, 1.82) is 0 Å². The van der Waals surface area contributed by atoms with Crippen LogP contribution in [0.5, 0.6) is 0 Å². The molecule has 0 fully saturated rings. The van der Waals surface area contributed by atoms with Gasteiger partial charge in [-0.15, -0.1) is 5.10 Å². The number of hydrazone groups is 1. The smallest absolute Gasteiger partial charge is 0.253 e. The van der Waals surface area contributed by atoms with Crippen LogP contribution in [0.1, 0.15) is 18.0 Å². The number of thiazole rings is 1. The molecule has 1 aliphatic heterocycles. The molecule has 1 aliphatic rings. The summed E-state index contributed by atoms with van der Waals surface area (Å²) in [6, 6.07) is 27.8. The average molecular weight is 497 g/mol. The second-order valence-corrected chi connectivity index (χ2v) is 9.90. The lowest BCUT2D eigenvalue weighted by molar-refractivity contribution is -0.130. The Morgan fingerprint density at radius 1 is 0.943 bits per heavy atom. The number of carbonyl (C=O) groups excluding carboxylic acids is 1. The van der Waals surface area contributed by atoms with Crippen LogP contribution in [0.25, 0.3) is 26.7 Å². The van der Waals surface area contributed by atoms with E-state index in [1.165, 1.54) is 11.8 Å². The van der Waals surface area contributed by atoms with Gasteiger partial charge >= 0.3 is 0 Å². The van der Waals surface area contributed by atoms with Gasteiger partial charge in [0.15, 0.2) is 5.82 Å². The van der Waals surface area contributed by atoms with E-state index in [0.717, 1.165) is 26.5 Å². The molecule has 0 aliphatic carbocycles. The lowest BCUT2D eigenvalue weighted by Gasteiger charge is -2.21. The molecule has 172 valence electrons. The number of hydrogen-bond donors (Lipinski definition) is 0. The fourth-order valence-electron chi connectivity index (χ4n) is 4.01. The van der Waals surface area contributed by atoms with Gasteiger partial charge in [0, 0.05) is 18.2 Å². The number of rotatable bonds is 6. The Morgan fingerprint density at radius 2 is 1.69 bits per heavy atom. The van der Waals surface area contributed by atoms with Gasteiger partial charge < -0.3 is 0 Å². The normalized spacial score (nSPS) is 15.2. The number of nitrogens with zero attached hydrogens (tertiary/aromatic N) is 6. The zero-order chi connectivity index (χ0) is 23.6. The Kier molecular flexibility index (Phi) is 5.85. The maximum absolute atomic E-state index is 13.1. The number of carbonyl (C=O) groups is 1. The van der Waals surface area contributed by atoms with Crippen LogP contribution in [0.4, 0.5) is 0 Å². The molecule has 3 heterocycles. The summed E-state index contributed by atoms with van der Waals surface area (Å²) >= 11 is 2.87. The maximum Gasteiger partial charge on any atom is 0.253 e. The van der Waals surface area contributed by atoms with E-state index in [9.17, 15) is 4.79 Å². The van der Waals surface area contributed by atoms with Gasteiger partial charge in [0.05, 0.1) is 22.0 Å². The molecule has 0 N–H and O–H groups in total. The van der Waals surface area contributed by atoms with Crippen LogP contribution in [0.3, 0.4) is 0 Å². The molecule has 2 aromatic heterocycles. The Bertz CT molecular complexity index is 1480. The zero-order valence-corrected chi connectivity index (χ0v) is 20.2. The minimum Gasteiger partial charge on any atom is -0.272 e. The number of aromatic nitrogens is 4. The standard InChI is InChI=1S/C26H20N6OS2/c33-23(31-21(15-16-27-31)18-9-3-1-4-10-18)17-34-25-29-24(19-11-5-2-6-12-19)32(30-25)26-28-20-13-7-8-14-22(20)35-26/h1-14,16,21H,15,17H2/t21-/m1/s1. The van der Waals surface area contributed by atoms with Crippen LogP contribution in [0, 0.1) is 0 Å². The van der Waals surface area contributed by atoms with Crippen molar-refractivity contribution in [3.8, 4) is 16.5 Å². The summed E-state index contributed by atoms with van der Waals surface area (Å²) < 4.78 is 2.85. The molecule has 0 saturated carbocycles. The number of amides is 1. The fraction of sp³-hybridized carbons (Fsp3) is 0.115. The zero-order valence-electron chi connectivity index (χ0n) is 18.6. The summed E-state index contributed by atoms with van der Waals surface area (Å²) in [5.41, 5.74) is 2.93. The maximum atomic E-state index is 13.1. The van der Waals surface area contributed by atoms with Gasteiger partial charge in [0.25, 0.3) is 5.91 Å². The summed E-state index contributed by atoms with van der Waals surface area (Å²) in [6.07, 6.45) is 2.51. The molecular formula is C26H20N6OS2. The lowest BCUT2D eigenvalue weighted by Crippen LogP contribution is -2.28. The molecule has 0 unspecified atom stereocenters. The molecule has 1 amide bonds. The minimum absolute atomic E-state index is 0.0718. The highest BCUT2D eigenvalue weighted by Gasteiger charge is 2.28. The molecule has 3 aromatic carbocycles. The first-order valence-corrected chi connectivity index (χ1v) is 13.0. The highest BCUT2D eigenvalue weighted by molar-refractivity contribution is 7.99. The third-order valence-corrected chi connectivity index (χ3v) is 7.51. The van der Waals surface area contributed by atoms with E-state index >= 15 is 0 Å². The number of para-hydroxylation sites is 1. The molecule has 35 heavy (non-hydrogen) atoms. The second kappa shape index (κ2) is 9.44. The van der Waals surface area contributed by atoms with Crippen molar-refractivity contribution in [3.63, 3.8) is 0 Å².